The third kappa shape index (κ3) is 3.19. The van der Waals surface area contributed by atoms with Gasteiger partial charge in [0.25, 0.3) is 0 Å². The van der Waals surface area contributed by atoms with Crippen molar-refractivity contribution in [1.29, 1.82) is 5.26 Å². The molecule has 1 aliphatic heterocycles. The van der Waals surface area contributed by atoms with Crippen molar-refractivity contribution in [2.24, 2.45) is 5.41 Å². The van der Waals surface area contributed by atoms with Crippen molar-refractivity contribution in [2.45, 2.75) is 51.6 Å². The molecule has 1 heterocycles. The highest BCUT2D eigenvalue weighted by Gasteiger charge is 2.41. The van der Waals surface area contributed by atoms with Gasteiger partial charge in [-0.3, -0.25) is 0 Å². The maximum absolute atomic E-state index is 10.00. The quantitative estimate of drug-likeness (QED) is 0.685. The van der Waals surface area contributed by atoms with E-state index in [1.165, 1.54) is 12.8 Å². The van der Waals surface area contributed by atoms with Crippen LogP contribution in [0.25, 0.3) is 0 Å². The van der Waals surface area contributed by atoms with Gasteiger partial charge in [0.15, 0.2) is 0 Å². The van der Waals surface area contributed by atoms with Gasteiger partial charge < -0.3 is 9.84 Å². The molecular formula is C12H21NO2. The third-order valence-corrected chi connectivity index (χ3v) is 3.24. The van der Waals surface area contributed by atoms with Gasteiger partial charge in [0.05, 0.1) is 18.8 Å². The van der Waals surface area contributed by atoms with E-state index in [1.54, 1.807) is 0 Å². The summed E-state index contributed by atoms with van der Waals surface area (Å²) in [6.07, 6.45) is 5.47. The Morgan fingerprint density at radius 3 is 2.80 bits per heavy atom. The first-order valence-electron chi connectivity index (χ1n) is 5.92. The van der Waals surface area contributed by atoms with Crippen LogP contribution in [-0.2, 0) is 4.74 Å². The average molecular weight is 211 g/mol. The topological polar surface area (TPSA) is 53.2 Å². The summed E-state index contributed by atoms with van der Waals surface area (Å²) >= 11 is 0. The Morgan fingerprint density at radius 1 is 1.47 bits per heavy atom. The second kappa shape index (κ2) is 6.09. The molecule has 2 atom stereocenters. The van der Waals surface area contributed by atoms with Gasteiger partial charge in [0.1, 0.15) is 5.41 Å². The highest BCUT2D eigenvalue weighted by Crippen LogP contribution is 2.34. The van der Waals surface area contributed by atoms with Crippen molar-refractivity contribution in [3.63, 3.8) is 0 Å². The van der Waals surface area contributed by atoms with Crippen LogP contribution in [0.4, 0.5) is 0 Å². The molecule has 0 aliphatic carbocycles. The molecule has 1 N–H and O–H groups in total. The molecule has 3 nitrogen and oxygen atoms in total. The molecule has 1 rings (SSSR count). The first kappa shape index (κ1) is 12.5. The van der Waals surface area contributed by atoms with Crippen molar-refractivity contribution in [1.82, 2.24) is 0 Å². The van der Waals surface area contributed by atoms with Gasteiger partial charge in [0.2, 0.25) is 0 Å². The molecular weight excluding hydrogens is 190 g/mol. The molecule has 2 unspecified atom stereocenters. The van der Waals surface area contributed by atoms with E-state index in [2.05, 4.69) is 13.0 Å². The van der Waals surface area contributed by atoms with Crippen LogP contribution < -0.4 is 0 Å². The monoisotopic (exact) mass is 211 g/mol. The lowest BCUT2D eigenvalue weighted by Crippen LogP contribution is -2.34. The molecule has 3 heteroatoms. The van der Waals surface area contributed by atoms with Crippen LogP contribution in [-0.4, -0.2) is 24.4 Å². The van der Waals surface area contributed by atoms with E-state index in [9.17, 15) is 5.11 Å². The summed E-state index contributed by atoms with van der Waals surface area (Å²) in [5.41, 5.74) is -0.619. The summed E-state index contributed by atoms with van der Waals surface area (Å²) in [4.78, 5) is 0. The van der Waals surface area contributed by atoms with Gasteiger partial charge in [-0.2, -0.15) is 5.26 Å². The second-order valence-electron chi connectivity index (χ2n) is 4.44. The summed E-state index contributed by atoms with van der Waals surface area (Å²) in [6.45, 7) is 3.18. The average Bonchev–Trinajstić information content (AvgIpc) is 2.74. The summed E-state index contributed by atoms with van der Waals surface area (Å²) in [7, 11) is 0. The number of hydrogen-bond donors (Lipinski definition) is 1. The van der Waals surface area contributed by atoms with E-state index in [0.717, 1.165) is 19.3 Å². The predicted octanol–water partition coefficient (Wildman–Crippen LogP) is 2.25. The largest absolute Gasteiger partial charge is 0.391 e. The van der Waals surface area contributed by atoms with Crippen molar-refractivity contribution < 1.29 is 9.84 Å². The number of nitriles is 1. The third-order valence-electron chi connectivity index (χ3n) is 3.24. The predicted molar refractivity (Wildman–Crippen MR) is 58.2 cm³/mol. The highest BCUT2D eigenvalue weighted by atomic mass is 16.5. The van der Waals surface area contributed by atoms with Crippen LogP contribution >= 0.6 is 0 Å². The van der Waals surface area contributed by atoms with E-state index in [4.69, 9.17) is 10.00 Å². The molecule has 0 aromatic rings. The lowest BCUT2D eigenvalue weighted by Gasteiger charge is -2.25. The molecule has 0 amide bonds. The van der Waals surface area contributed by atoms with E-state index >= 15 is 0 Å². The Labute approximate surface area is 92.0 Å². The van der Waals surface area contributed by atoms with Crippen molar-refractivity contribution >= 4 is 0 Å². The van der Waals surface area contributed by atoms with Crippen LogP contribution in [0.2, 0.25) is 0 Å². The summed E-state index contributed by atoms with van der Waals surface area (Å²) in [5, 5.41) is 19.1. The van der Waals surface area contributed by atoms with E-state index in [0.29, 0.717) is 19.6 Å². The number of aliphatic hydroxyl groups is 1. The number of ether oxygens (including phenoxy) is 1. The maximum Gasteiger partial charge on any atom is 0.109 e. The minimum absolute atomic E-state index is 0.401. The fourth-order valence-electron chi connectivity index (χ4n) is 2.05. The van der Waals surface area contributed by atoms with Gasteiger partial charge in [-0.1, -0.05) is 32.6 Å². The number of unbranched alkanes of at least 4 members (excludes halogenated alkanes) is 3. The SMILES string of the molecule is CCCCCCC(O)C1(C#N)CCOC1. The minimum Gasteiger partial charge on any atom is -0.391 e. The number of rotatable bonds is 6. The molecule has 0 radical (unpaired) electrons. The molecule has 0 aromatic heterocycles. The van der Waals surface area contributed by atoms with Crippen molar-refractivity contribution in [3.05, 3.63) is 0 Å². The van der Waals surface area contributed by atoms with E-state index in [1.807, 2.05) is 0 Å². The fraction of sp³-hybridized carbons (Fsp3) is 0.917. The smallest absolute Gasteiger partial charge is 0.109 e. The molecule has 0 bridgehead atoms. The van der Waals surface area contributed by atoms with Gasteiger partial charge >= 0.3 is 0 Å². The zero-order chi connectivity index (χ0) is 11.1. The molecule has 1 fully saturated rings. The standard InChI is InChI=1S/C12H21NO2/c1-2-3-4-5-6-11(14)12(9-13)7-8-15-10-12/h11,14H,2-8,10H2,1H3. The van der Waals surface area contributed by atoms with Gasteiger partial charge in [-0.05, 0) is 12.8 Å². The van der Waals surface area contributed by atoms with Crippen molar-refractivity contribution in [2.75, 3.05) is 13.2 Å². The molecule has 1 saturated heterocycles. The van der Waals surface area contributed by atoms with Gasteiger partial charge in [0, 0.05) is 6.61 Å². The molecule has 1 aliphatic rings. The first-order valence-corrected chi connectivity index (χ1v) is 5.92. The summed E-state index contributed by atoms with van der Waals surface area (Å²) < 4.78 is 5.22. The first-order chi connectivity index (χ1) is 7.25. The summed E-state index contributed by atoms with van der Waals surface area (Å²) in [6, 6.07) is 2.24. The summed E-state index contributed by atoms with van der Waals surface area (Å²) in [5.74, 6) is 0. The van der Waals surface area contributed by atoms with Crippen molar-refractivity contribution in [3.8, 4) is 6.07 Å². The Bertz CT molecular complexity index is 216. The van der Waals surface area contributed by atoms with Crippen LogP contribution in [0.5, 0.6) is 0 Å². The number of hydrogen-bond acceptors (Lipinski definition) is 3. The number of nitrogens with zero attached hydrogens (tertiary/aromatic N) is 1. The van der Waals surface area contributed by atoms with Crippen LogP contribution in [0.3, 0.4) is 0 Å². The lowest BCUT2D eigenvalue weighted by atomic mass is 9.80. The molecule has 0 aromatic carbocycles. The van der Waals surface area contributed by atoms with Gasteiger partial charge in [-0.25, -0.2) is 0 Å². The Kier molecular flexibility index (Phi) is 5.07. The van der Waals surface area contributed by atoms with E-state index in [-0.39, 0.29) is 0 Å². The minimum atomic E-state index is -0.619. The van der Waals surface area contributed by atoms with Crippen LogP contribution in [0.1, 0.15) is 45.4 Å². The lowest BCUT2D eigenvalue weighted by molar-refractivity contribution is 0.0431. The Balaban J connectivity index is 2.31. The number of aliphatic hydroxyl groups excluding tert-OH is 1. The van der Waals surface area contributed by atoms with Gasteiger partial charge in [-0.15, -0.1) is 0 Å². The molecule has 0 spiro atoms. The maximum atomic E-state index is 10.00. The Morgan fingerprint density at radius 2 is 2.27 bits per heavy atom. The highest BCUT2D eigenvalue weighted by molar-refractivity contribution is 5.05. The second-order valence-corrected chi connectivity index (χ2v) is 4.44. The fourth-order valence-corrected chi connectivity index (χ4v) is 2.05. The zero-order valence-corrected chi connectivity index (χ0v) is 9.54. The van der Waals surface area contributed by atoms with E-state index < -0.39 is 11.5 Å². The van der Waals surface area contributed by atoms with Crippen LogP contribution in [0, 0.1) is 16.7 Å². The molecule has 15 heavy (non-hydrogen) atoms. The Hall–Kier alpha value is -0.590. The molecule has 86 valence electrons. The normalized spacial score (nSPS) is 27.5. The van der Waals surface area contributed by atoms with Crippen LogP contribution in [0.15, 0.2) is 0 Å². The molecule has 0 saturated carbocycles. The zero-order valence-electron chi connectivity index (χ0n) is 9.54.